The summed E-state index contributed by atoms with van der Waals surface area (Å²) < 4.78 is 69.9. The molecule has 3 aromatic heterocycles. The predicted octanol–water partition coefficient (Wildman–Crippen LogP) is 4.05. The number of aliphatic hydroxyl groups is 2. The van der Waals surface area contributed by atoms with E-state index in [1.54, 1.807) is 36.4 Å². The Bertz CT molecular complexity index is 2170. The van der Waals surface area contributed by atoms with Crippen molar-refractivity contribution >= 4 is 49.0 Å². The molecule has 5 N–H and O–H groups in total. The van der Waals surface area contributed by atoms with E-state index in [4.69, 9.17) is 19.0 Å². The SMILES string of the molecule is COc1cc(NS(=O)(=O)c2ccc(CC(=O)C(C)(C)C)cc2)nc(CO)n1.COc1cc(NS(=O)(=O)c2ccc(Nc3ccco3)cc2)nc(CO)n1. The van der Waals surface area contributed by atoms with Gasteiger partial charge in [0.05, 0.1) is 30.3 Å². The number of carbonyl (C=O) groups excluding carboxylic acids is 1. The van der Waals surface area contributed by atoms with Crippen molar-refractivity contribution in [1.82, 2.24) is 19.9 Å². The van der Waals surface area contributed by atoms with Gasteiger partial charge >= 0.3 is 0 Å². The number of sulfonamides is 2. The van der Waals surface area contributed by atoms with Crippen LogP contribution < -0.4 is 24.2 Å². The minimum atomic E-state index is -3.90. The fourth-order valence-electron chi connectivity index (χ4n) is 4.24. The quantitative estimate of drug-likeness (QED) is 0.107. The third-order valence-electron chi connectivity index (χ3n) is 7.07. The van der Waals surface area contributed by atoms with Crippen LogP contribution in [0.2, 0.25) is 0 Å². The standard InChI is InChI=1S/C18H23N3O5S.C16H16N4O5S/c1-18(2,3)14(23)9-12-5-7-13(8-6-12)27(24,25)21-15-10-17(26-4)20-16(11-22)19-15;1-24-16-9-13(18-14(10-21)19-16)20-26(22,23)12-6-4-11(5-7-12)17-15-3-2-8-25-15/h5-8,10,22H,9,11H2,1-4H3,(H,19,20,21);2-9,17,21H,10H2,1H3,(H,18,19,20). The molecule has 0 aliphatic carbocycles. The van der Waals surface area contributed by atoms with E-state index in [1.807, 2.05) is 20.8 Å². The Morgan fingerprint density at radius 1 is 0.736 bits per heavy atom. The zero-order valence-electron chi connectivity index (χ0n) is 29.4. The number of rotatable bonds is 14. The number of methoxy groups -OCH3 is 2. The van der Waals surface area contributed by atoms with Gasteiger partial charge in [0, 0.05) is 35.7 Å². The van der Waals surface area contributed by atoms with Crippen molar-refractivity contribution in [3.63, 3.8) is 0 Å². The molecule has 0 radical (unpaired) electrons. The average molecular weight is 770 g/mol. The first-order chi connectivity index (χ1) is 25.0. The molecule has 5 rings (SSSR count). The Morgan fingerprint density at radius 2 is 1.21 bits per heavy atom. The Kier molecular flexibility index (Phi) is 13.1. The van der Waals surface area contributed by atoms with Crippen LogP contribution >= 0.6 is 0 Å². The maximum atomic E-state index is 12.6. The molecule has 3 heterocycles. The van der Waals surface area contributed by atoms with Crippen molar-refractivity contribution < 1.29 is 45.7 Å². The number of nitrogens with zero attached hydrogens (tertiary/aromatic N) is 4. The number of nitrogens with one attached hydrogen (secondary N) is 3. The summed E-state index contributed by atoms with van der Waals surface area (Å²) in [5.74, 6) is 0.937. The van der Waals surface area contributed by atoms with E-state index in [1.165, 1.54) is 56.9 Å². The Balaban J connectivity index is 0.000000237. The minimum Gasteiger partial charge on any atom is -0.481 e. The lowest BCUT2D eigenvalue weighted by atomic mass is 9.87. The summed E-state index contributed by atoms with van der Waals surface area (Å²) in [6, 6.07) is 18.3. The predicted molar refractivity (Wildman–Crippen MR) is 194 cm³/mol. The van der Waals surface area contributed by atoms with E-state index in [-0.39, 0.29) is 57.0 Å². The fraction of sp³-hybridized carbons (Fsp3) is 0.265. The van der Waals surface area contributed by atoms with Crippen LogP contribution in [0.3, 0.4) is 0 Å². The Labute approximate surface area is 306 Å². The van der Waals surface area contributed by atoms with Gasteiger partial charge in [-0.1, -0.05) is 32.9 Å². The van der Waals surface area contributed by atoms with Gasteiger partial charge in [-0.3, -0.25) is 14.2 Å². The lowest BCUT2D eigenvalue weighted by Gasteiger charge is -2.16. The number of aromatic nitrogens is 4. The first-order valence-electron chi connectivity index (χ1n) is 15.7. The molecular weight excluding hydrogens is 731 g/mol. The number of anilines is 4. The normalized spacial score (nSPS) is 11.5. The summed E-state index contributed by atoms with van der Waals surface area (Å²) in [5.41, 5.74) is 0.952. The van der Waals surface area contributed by atoms with Crippen LogP contribution in [0.1, 0.15) is 38.0 Å². The van der Waals surface area contributed by atoms with Crippen LogP contribution in [-0.4, -0.2) is 67.0 Å². The van der Waals surface area contributed by atoms with Crippen LogP contribution in [0.5, 0.6) is 11.8 Å². The molecule has 0 saturated carbocycles. The van der Waals surface area contributed by atoms with E-state index in [9.17, 15) is 26.7 Å². The highest BCUT2D eigenvalue weighted by atomic mass is 32.2. The van der Waals surface area contributed by atoms with Crippen LogP contribution in [0.15, 0.2) is 93.3 Å². The van der Waals surface area contributed by atoms with Gasteiger partial charge in [0.15, 0.2) is 17.5 Å². The molecule has 19 heteroatoms. The first kappa shape index (κ1) is 40.1. The molecule has 0 fully saturated rings. The van der Waals surface area contributed by atoms with Crippen LogP contribution in [-0.2, 0) is 44.5 Å². The van der Waals surface area contributed by atoms with Gasteiger partial charge in [-0.25, -0.2) is 26.8 Å². The molecule has 0 saturated heterocycles. The number of ether oxygens (including phenoxy) is 2. The number of hydrogen-bond acceptors (Lipinski definition) is 15. The maximum absolute atomic E-state index is 12.6. The van der Waals surface area contributed by atoms with E-state index in [0.717, 1.165) is 5.56 Å². The summed E-state index contributed by atoms with van der Waals surface area (Å²) in [5, 5.41) is 21.3. The molecule has 17 nitrogen and oxygen atoms in total. The lowest BCUT2D eigenvalue weighted by molar-refractivity contribution is -0.125. The number of ketones is 1. The number of Topliss-reactive ketones (excluding diaryl/α,β-unsaturated/α-hetero) is 1. The van der Waals surface area contributed by atoms with Gasteiger partial charge in [0.25, 0.3) is 20.0 Å². The number of carbonyl (C=O) groups is 1. The number of furan rings is 1. The molecular formula is C34H39N7O10S2. The summed E-state index contributed by atoms with van der Waals surface area (Å²) in [6.45, 7) is 4.62. The largest absolute Gasteiger partial charge is 0.481 e. The van der Waals surface area contributed by atoms with Gasteiger partial charge in [-0.2, -0.15) is 9.97 Å². The third kappa shape index (κ3) is 11.4. The smallest absolute Gasteiger partial charge is 0.263 e. The van der Waals surface area contributed by atoms with Crippen molar-refractivity contribution in [2.45, 2.75) is 50.2 Å². The Hall–Kier alpha value is -5.63. The summed E-state index contributed by atoms with van der Waals surface area (Å²) in [6.07, 6.45) is 1.77. The second kappa shape index (κ2) is 17.3. The number of benzene rings is 2. The second-order valence-electron chi connectivity index (χ2n) is 12.1. The van der Waals surface area contributed by atoms with Crippen LogP contribution in [0, 0.1) is 5.41 Å². The molecule has 0 aliphatic heterocycles. The van der Waals surface area contributed by atoms with Gasteiger partial charge in [0.1, 0.15) is 30.6 Å². The van der Waals surface area contributed by atoms with Crippen molar-refractivity contribution in [2.75, 3.05) is 29.0 Å². The zero-order chi connectivity index (χ0) is 38.8. The van der Waals surface area contributed by atoms with Crippen molar-refractivity contribution in [2.24, 2.45) is 5.41 Å². The minimum absolute atomic E-state index is 0.00122. The van der Waals surface area contributed by atoms with E-state index in [0.29, 0.717) is 11.6 Å². The van der Waals surface area contributed by atoms with E-state index < -0.39 is 38.7 Å². The molecule has 0 amide bonds. The highest BCUT2D eigenvalue weighted by Crippen LogP contribution is 2.23. The molecule has 0 spiro atoms. The average Bonchev–Trinajstić information content (AvgIpc) is 3.64. The van der Waals surface area contributed by atoms with Crippen molar-refractivity contribution in [3.8, 4) is 11.8 Å². The topological polar surface area (TPSA) is 245 Å². The number of aliphatic hydroxyl groups excluding tert-OH is 2. The van der Waals surface area contributed by atoms with Crippen LogP contribution in [0.4, 0.5) is 23.2 Å². The van der Waals surface area contributed by atoms with Gasteiger partial charge in [-0.15, -0.1) is 0 Å². The molecule has 0 unspecified atom stereocenters. The van der Waals surface area contributed by atoms with Gasteiger partial charge in [0.2, 0.25) is 11.8 Å². The summed E-state index contributed by atoms with van der Waals surface area (Å²) in [4.78, 5) is 27.8. The molecule has 2 aromatic carbocycles. The van der Waals surface area contributed by atoms with Gasteiger partial charge in [-0.05, 0) is 48.0 Å². The molecule has 0 bridgehead atoms. The summed E-state index contributed by atoms with van der Waals surface area (Å²) in [7, 11) is -5.01. The maximum Gasteiger partial charge on any atom is 0.263 e. The first-order valence-corrected chi connectivity index (χ1v) is 18.7. The fourth-order valence-corrected chi connectivity index (χ4v) is 6.22. The highest BCUT2D eigenvalue weighted by Gasteiger charge is 2.22. The third-order valence-corrected chi connectivity index (χ3v) is 9.81. The van der Waals surface area contributed by atoms with Gasteiger partial charge < -0.3 is 29.4 Å². The molecule has 282 valence electrons. The molecule has 0 aliphatic rings. The van der Waals surface area contributed by atoms with Crippen LogP contribution in [0.25, 0.3) is 0 Å². The van der Waals surface area contributed by atoms with E-state index in [2.05, 4.69) is 34.7 Å². The number of hydrogen-bond donors (Lipinski definition) is 5. The summed E-state index contributed by atoms with van der Waals surface area (Å²) >= 11 is 0. The lowest BCUT2D eigenvalue weighted by Crippen LogP contribution is -2.22. The Morgan fingerprint density at radius 3 is 1.60 bits per heavy atom. The van der Waals surface area contributed by atoms with E-state index >= 15 is 0 Å². The van der Waals surface area contributed by atoms with Crippen molar-refractivity contribution in [3.05, 3.63) is 96.3 Å². The second-order valence-corrected chi connectivity index (χ2v) is 15.4. The molecule has 0 atom stereocenters. The molecule has 53 heavy (non-hydrogen) atoms. The zero-order valence-corrected chi connectivity index (χ0v) is 31.0. The molecule has 5 aromatic rings. The monoisotopic (exact) mass is 769 g/mol. The van der Waals surface area contributed by atoms with Crippen molar-refractivity contribution in [1.29, 1.82) is 0 Å². The highest BCUT2D eigenvalue weighted by molar-refractivity contribution is 7.93.